The molecule has 1 saturated carbocycles. The van der Waals surface area contributed by atoms with E-state index < -0.39 is 23.6 Å². The second-order valence-electron chi connectivity index (χ2n) is 8.48. The van der Waals surface area contributed by atoms with Crippen molar-refractivity contribution in [2.45, 2.75) is 38.8 Å². The minimum Gasteiger partial charge on any atom is -0.496 e. The number of carbonyl (C=O) groups excluding carboxylic acids is 2. The molecule has 0 aliphatic heterocycles. The summed E-state index contributed by atoms with van der Waals surface area (Å²) in [6.45, 7) is 2.11. The molecule has 2 aromatic carbocycles. The molecule has 3 aromatic rings. The lowest BCUT2D eigenvalue weighted by molar-refractivity contribution is 0.0658. The summed E-state index contributed by atoms with van der Waals surface area (Å²) in [4.78, 5) is 28.7. The third-order valence-corrected chi connectivity index (χ3v) is 6.03. The zero-order chi connectivity index (χ0) is 25.5. The van der Waals surface area contributed by atoms with Crippen molar-refractivity contribution in [2.75, 3.05) is 17.7 Å². The van der Waals surface area contributed by atoms with Gasteiger partial charge in [-0.3, -0.25) is 0 Å². The molecule has 1 aromatic heterocycles. The van der Waals surface area contributed by atoms with E-state index in [1.165, 1.54) is 13.5 Å². The van der Waals surface area contributed by atoms with Gasteiger partial charge in [-0.15, -0.1) is 0 Å². The number of hydrogen-bond acceptors (Lipinski definition) is 7. The molecule has 4 rings (SSSR count). The maximum atomic E-state index is 12.5. The van der Waals surface area contributed by atoms with E-state index in [9.17, 15) is 14.9 Å². The molecular formula is C26H27N5O5. The number of carbonyl (C=O) groups is 2. The Morgan fingerprint density at radius 2 is 1.97 bits per heavy atom. The van der Waals surface area contributed by atoms with Gasteiger partial charge in [0.2, 0.25) is 0 Å². The Bertz CT molecular complexity index is 1260. The molecule has 3 amide bonds. The van der Waals surface area contributed by atoms with Gasteiger partial charge >= 0.3 is 12.1 Å². The summed E-state index contributed by atoms with van der Waals surface area (Å²) in [5.74, 6) is 1.08. The summed E-state index contributed by atoms with van der Waals surface area (Å²) in [6.07, 6.45) is 4.03. The molecule has 36 heavy (non-hydrogen) atoms. The topological polar surface area (TPSA) is 139 Å². The fourth-order valence-corrected chi connectivity index (χ4v) is 3.95. The van der Waals surface area contributed by atoms with Crippen LogP contribution in [-0.4, -0.2) is 30.3 Å². The summed E-state index contributed by atoms with van der Waals surface area (Å²) >= 11 is 0. The number of hydrogen-bond donors (Lipinski definition) is 3. The molecule has 10 nitrogen and oxygen atoms in total. The number of urea groups is 1. The minimum absolute atomic E-state index is 0.215. The third kappa shape index (κ3) is 5.75. The van der Waals surface area contributed by atoms with Gasteiger partial charge < -0.3 is 29.8 Å². The number of amides is 3. The first-order chi connectivity index (χ1) is 17.5. The summed E-state index contributed by atoms with van der Waals surface area (Å²) in [5.41, 5.74) is 2.04. The highest BCUT2D eigenvalue weighted by Crippen LogP contribution is 2.50. The number of aromatic nitrogens is 1. The van der Waals surface area contributed by atoms with E-state index in [4.69, 9.17) is 13.9 Å². The summed E-state index contributed by atoms with van der Waals surface area (Å²) < 4.78 is 16.2. The van der Waals surface area contributed by atoms with Gasteiger partial charge in [-0.05, 0) is 49.1 Å². The number of alkyl carbamates (subject to hydrolysis) is 1. The lowest BCUT2D eigenvalue weighted by atomic mass is 9.99. The van der Waals surface area contributed by atoms with E-state index in [-0.39, 0.29) is 6.54 Å². The molecule has 1 fully saturated rings. The Morgan fingerprint density at radius 3 is 2.61 bits per heavy atom. The molecule has 3 N–H and O–H groups in total. The fourth-order valence-electron chi connectivity index (χ4n) is 3.95. The van der Waals surface area contributed by atoms with Gasteiger partial charge in [0.1, 0.15) is 11.9 Å². The SMILES string of the molecule is CCC(OC(=O)NCc1cccc(NC(=O)Nc2ccc(-c3cnco3)c(OC)c2)c1)C1(C#N)CC1. The smallest absolute Gasteiger partial charge is 0.407 e. The maximum Gasteiger partial charge on any atom is 0.407 e. The molecular weight excluding hydrogens is 462 g/mol. The number of nitrogens with one attached hydrogen (secondary N) is 3. The van der Waals surface area contributed by atoms with E-state index in [1.807, 2.05) is 13.0 Å². The maximum absolute atomic E-state index is 12.5. The molecule has 1 aliphatic rings. The van der Waals surface area contributed by atoms with E-state index in [0.717, 1.165) is 18.4 Å². The van der Waals surface area contributed by atoms with Gasteiger partial charge in [-0.25, -0.2) is 14.6 Å². The predicted octanol–water partition coefficient (Wildman–Crippen LogP) is 5.30. The zero-order valence-corrected chi connectivity index (χ0v) is 20.0. The number of oxazole rings is 1. The molecule has 1 heterocycles. The number of nitrogens with zero attached hydrogens (tertiary/aromatic N) is 2. The summed E-state index contributed by atoms with van der Waals surface area (Å²) in [6, 6.07) is 14.1. The van der Waals surface area contributed by atoms with Crippen molar-refractivity contribution < 1.29 is 23.5 Å². The van der Waals surface area contributed by atoms with Crippen LogP contribution in [0.1, 0.15) is 31.7 Å². The second kappa shape index (κ2) is 10.8. The fraction of sp³-hybridized carbons (Fsp3) is 0.308. The van der Waals surface area contributed by atoms with Gasteiger partial charge in [0.25, 0.3) is 0 Å². The molecule has 1 aliphatic carbocycles. The number of methoxy groups -OCH3 is 1. The largest absolute Gasteiger partial charge is 0.496 e. The number of anilines is 2. The Hall–Kier alpha value is -4.52. The van der Waals surface area contributed by atoms with E-state index >= 15 is 0 Å². The van der Waals surface area contributed by atoms with Crippen LogP contribution in [0.25, 0.3) is 11.3 Å². The molecule has 0 radical (unpaired) electrons. The first-order valence-electron chi connectivity index (χ1n) is 11.6. The number of ether oxygens (including phenoxy) is 2. The Kier molecular flexibility index (Phi) is 7.39. The number of rotatable bonds is 9. The van der Waals surface area contributed by atoms with E-state index in [2.05, 4.69) is 27.0 Å². The van der Waals surface area contributed by atoms with Gasteiger partial charge in [0, 0.05) is 24.0 Å². The highest BCUT2D eigenvalue weighted by Gasteiger charge is 2.51. The lowest BCUT2D eigenvalue weighted by Gasteiger charge is -2.20. The first kappa shape index (κ1) is 24.6. The monoisotopic (exact) mass is 489 g/mol. The normalized spacial score (nSPS) is 14.1. The van der Waals surface area contributed by atoms with Gasteiger partial charge in [0.15, 0.2) is 12.2 Å². The third-order valence-electron chi connectivity index (χ3n) is 6.03. The van der Waals surface area contributed by atoms with Crippen LogP contribution in [0.15, 0.2) is 59.5 Å². The Morgan fingerprint density at radius 1 is 1.19 bits per heavy atom. The summed E-state index contributed by atoms with van der Waals surface area (Å²) in [5, 5.41) is 17.6. The van der Waals surface area contributed by atoms with Crippen LogP contribution >= 0.6 is 0 Å². The van der Waals surface area contributed by atoms with Crippen LogP contribution < -0.4 is 20.7 Å². The van der Waals surface area contributed by atoms with Gasteiger partial charge in [-0.2, -0.15) is 5.26 Å². The average molecular weight is 490 g/mol. The molecule has 186 valence electrons. The number of nitriles is 1. The molecule has 0 spiro atoms. The minimum atomic E-state index is -0.567. The Labute approximate surface area is 208 Å². The molecule has 0 saturated heterocycles. The summed E-state index contributed by atoms with van der Waals surface area (Å²) in [7, 11) is 1.53. The van der Waals surface area contributed by atoms with Crippen molar-refractivity contribution in [1.29, 1.82) is 5.26 Å². The van der Waals surface area contributed by atoms with Crippen LogP contribution in [0.2, 0.25) is 0 Å². The molecule has 10 heteroatoms. The van der Waals surface area contributed by atoms with Crippen molar-refractivity contribution in [2.24, 2.45) is 5.41 Å². The highest BCUT2D eigenvalue weighted by atomic mass is 16.6. The first-order valence-corrected chi connectivity index (χ1v) is 11.6. The van der Waals surface area contributed by atoms with Crippen LogP contribution in [0, 0.1) is 16.7 Å². The van der Waals surface area contributed by atoms with Crippen molar-refractivity contribution in [3.63, 3.8) is 0 Å². The molecule has 0 bridgehead atoms. The van der Waals surface area contributed by atoms with Crippen LogP contribution in [0.4, 0.5) is 21.0 Å². The zero-order valence-electron chi connectivity index (χ0n) is 20.0. The van der Waals surface area contributed by atoms with Gasteiger partial charge in [0.05, 0.1) is 30.4 Å². The second-order valence-corrected chi connectivity index (χ2v) is 8.48. The van der Waals surface area contributed by atoms with E-state index in [1.54, 1.807) is 42.6 Å². The molecule has 1 unspecified atom stereocenters. The van der Waals surface area contributed by atoms with Crippen molar-refractivity contribution in [3.05, 3.63) is 60.6 Å². The quantitative estimate of drug-likeness (QED) is 0.370. The van der Waals surface area contributed by atoms with E-state index in [0.29, 0.717) is 34.9 Å². The average Bonchev–Trinajstić information content (AvgIpc) is 3.49. The van der Waals surface area contributed by atoms with Crippen molar-refractivity contribution in [1.82, 2.24) is 10.3 Å². The van der Waals surface area contributed by atoms with Gasteiger partial charge in [-0.1, -0.05) is 19.1 Å². The predicted molar refractivity (Wildman–Crippen MR) is 132 cm³/mol. The van der Waals surface area contributed by atoms with Crippen LogP contribution in [0.5, 0.6) is 5.75 Å². The van der Waals surface area contributed by atoms with Crippen molar-refractivity contribution >= 4 is 23.5 Å². The lowest BCUT2D eigenvalue weighted by Crippen LogP contribution is -2.33. The van der Waals surface area contributed by atoms with Crippen molar-refractivity contribution in [3.8, 4) is 23.1 Å². The molecule has 1 atom stereocenters. The Balaban J connectivity index is 1.31. The number of benzene rings is 2. The van der Waals surface area contributed by atoms with Crippen LogP contribution in [0.3, 0.4) is 0 Å². The van der Waals surface area contributed by atoms with Crippen LogP contribution in [-0.2, 0) is 11.3 Å². The highest BCUT2D eigenvalue weighted by molar-refractivity contribution is 6.00. The standard InChI is InChI=1S/C26H27N5O5/c1-3-23(26(15-27)9-10-26)36-25(33)29-13-17-5-4-6-18(11-17)30-24(32)31-19-7-8-20(21(12-19)34-2)22-14-28-16-35-22/h4-8,11-12,14,16,23H,3,9-10,13H2,1-2H3,(H,29,33)(H2,30,31,32).